The van der Waals surface area contributed by atoms with Crippen LogP contribution in [-0.4, -0.2) is 33.3 Å². The number of hydrogen-bond acceptors (Lipinski definition) is 3. The molecule has 110 valence electrons. The molecule has 0 radical (unpaired) electrons. The maximum absolute atomic E-state index is 12.0. The summed E-state index contributed by atoms with van der Waals surface area (Å²) in [5, 5.41) is 3.24. The highest BCUT2D eigenvalue weighted by atomic mass is 35.5. The summed E-state index contributed by atoms with van der Waals surface area (Å²) in [6, 6.07) is 0.0579. The average molecular weight is 299 g/mol. The first-order valence-corrected chi connectivity index (χ1v) is 8.30. The summed E-state index contributed by atoms with van der Waals surface area (Å²) in [5.41, 5.74) is 0. The number of halogens is 1. The second-order valence-electron chi connectivity index (χ2n) is 5.37. The number of sulfonamides is 1. The predicted molar refractivity (Wildman–Crippen MR) is 78.7 cm³/mol. The van der Waals surface area contributed by atoms with Crippen molar-refractivity contribution in [1.82, 2.24) is 10.0 Å². The summed E-state index contributed by atoms with van der Waals surface area (Å²) < 4.78 is 26.8. The van der Waals surface area contributed by atoms with Crippen LogP contribution in [-0.2, 0) is 10.0 Å². The van der Waals surface area contributed by atoms with Gasteiger partial charge in [0, 0.05) is 12.6 Å². The van der Waals surface area contributed by atoms with Crippen LogP contribution in [0, 0.1) is 11.8 Å². The van der Waals surface area contributed by atoms with Crippen LogP contribution in [0.5, 0.6) is 0 Å². The Morgan fingerprint density at radius 3 is 2.67 bits per heavy atom. The van der Waals surface area contributed by atoms with E-state index < -0.39 is 10.0 Å². The first kappa shape index (κ1) is 18.2. The van der Waals surface area contributed by atoms with Crippen LogP contribution in [0.15, 0.2) is 0 Å². The van der Waals surface area contributed by atoms with Crippen molar-refractivity contribution in [2.24, 2.45) is 11.8 Å². The zero-order chi connectivity index (χ0) is 12.9. The molecule has 2 N–H and O–H groups in total. The van der Waals surface area contributed by atoms with Gasteiger partial charge in [0.05, 0.1) is 5.75 Å². The summed E-state index contributed by atoms with van der Waals surface area (Å²) in [6.45, 7) is 7.95. The Hall–Kier alpha value is 0.160. The van der Waals surface area contributed by atoms with E-state index in [-0.39, 0.29) is 30.1 Å². The largest absolute Gasteiger partial charge is 0.315 e. The minimum Gasteiger partial charge on any atom is -0.315 e. The maximum atomic E-state index is 12.0. The third kappa shape index (κ3) is 6.36. The third-order valence-electron chi connectivity index (χ3n) is 3.44. The number of piperidine rings is 1. The lowest BCUT2D eigenvalue weighted by atomic mass is 9.96. The average Bonchev–Trinajstić information content (AvgIpc) is 2.20. The highest BCUT2D eigenvalue weighted by Gasteiger charge is 2.26. The standard InChI is InChI=1S/C12H26N2O2S.ClH/c1-4-5-10(2)9-17(15,16)14-12-8-13-7-6-11(12)3;/h10-14H,4-9H2,1-3H3;1H. The van der Waals surface area contributed by atoms with Crippen molar-refractivity contribution >= 4 is 22.4 Å². The van der Waals surface area contributed by atoms with Crippen LogP contribution >= 0.6 is 12.4 Å². The van der Waals surface area contributed by atoms with Crippen molar-refractivity contribution in [3.8, 4) is 0 Å². The number of hydrogen-bond donors (Lipinski definition) is 2. The summed E-state index contributed by atoms with van der Waals surface area (Å²) in [4.78, 5) is 0. The fourth-order valence-electron chi connectivity index (χ4n) is 2.38. The minimum atomic E-state index is -3.13. The summed E-state index contributed by atoms with van der Waals surface area (Å²) >= 11 is 0. The molecule has 18 heavy (non-hydrogen) atoms. The van der Waals surface area contributed by atoms with Crippen molar-refractivity contribution in [3.05, 3.63) is 0 Å². The molecule has 4 nitrogen and oxygen atoms in total. The maximum Gasteiger partial charge on any atom is 0.212 e. The fraction of sp³-hybridized carbons (Fsp3) is 1.00. The van der Waals surface area contributed by atoms with Crippen molar-refractivity contribution in [2.45, 2.75) is 46.1 Å². The second kappa shape index (κ2) is 8.35. The highest BCUT2D eigenvalue weighted by molar-refractivity contribution is 7.89. The molecule has 1 fully saturated rings. The Bertz CT molecular complexity index is 322. The first-order chi connectivity index (χ1) is 7.94. The molecule has 0 aromatic heterocycles. The molecule has 6 heteroatoms. The first-order valence-electron chi connectivity index (χ1n) is 6.65. The monoisotopic (exact) mass is 298 g/mol. The van der Waals surface area contributed by atoms with E-state index in [9.17, 15) is 8.42 Å². The van der Waals surface area contributed by atoms with E-state index in [4.69, 9.17) is 0 Å². The van der Waals surface area contributed by atoms with E-state index in [1.54, 1.807) is 0 Å². The molecular formula is C12H27ClN2O2S. The molecule has 0 aromatic rings. The Kier molecular flexibility index (Phi) is 8.43. The molecule has 1 aliphatic rings. The van der Waals surface area contributed by atoms with Crippen LogP contribution in [0.2, 0.25) is 0 Å². The van der Waals surface area contributed by atoms with Gasteiger partial charge in [0.25, 0.3) is 0 Å². The van der Waals surface area contributed by atoms with Crippen LogP contribution < -0.4 is 10.0 Å². The third-order valence-corrected chi connectivity index (χ3v) is 5.11. The van der Waals surface area contributed by atoms with E-state index in [1.807, 2.05) is 6.92 Å². The molecule has 3 unspecified atom stereocenters. The zero-order valence-corrected chi connectivity index (χ0v) is 13.2. The Labute approximate surface area is 118 Å². The number of nitrogens with one attached hydrogen (secondary N) is 2. The van der Waals surface area contributed by atoms with Crippen LogP contribution in [0.4, 0.5) is 0 Å². The van der Waals surface area contributed by atoms with E-state index in [0.29, 0.717) is 5.92 Å². The Morgan fingerprint density at radius 1 is 1.44 bits per heavy atom. The lowest BCUT2D eigenvalue weighted by Gasteiger charge is -2.30. The van der Waals surface area contributed by atoms with Crippen molar-refractivity contribution in [2.75, 3.05) is 18.8 Å². The van der Waals surface area contributed by atoms with Gasteiger partial charge in [-0.15, -0.1) is 12.4 Å². The van der Waals surface area contributed by atoms with Gasteiger partial charge in [0.2, 0.25) is 10.0 Å². The van der Waals surface area contributed by atoms with E-state index in [0.717, 1.165) is 32.4 Å². The van der Waals surface area contributed by atoms with Gasteiger partial charge in [0.15, 0.2) is 0 Å². The van der Waals surface area contributed by atoms with E-state index in [2.05, 4.69) is 23.9 Å². The van der Waals surface area contributed by atoms with Gasteiger partial charge < -0.3 is 5.32 Å². The van der Waals surface area contributed by atoms with E-state index >= 15 is 0 Å². The van der Waals surface area contributed by atoms with Crippen LogP contribution in [0.3, 0.4) is 0 Å². The lowest BCUT2D eigenvalue weighted by Crippen LogP contribution is -2.50. The molecule has 0 spiro atoms. The molecule has 0 bridgehead atoms. The smallest absolute Gasteiger partial charge is 0.212 e. The van der Waals surface area contributed by atoms with Crippen LogP contribution in [0.1, 0.15) is 40.0 Å². The summed E-state index contributed by atoms with van der Waals surface area (Å²) in [6.07, 6.45) is 3.05. The van der Waals surface area contributed by atoms with Gasteiger partial charge in [-0.05, 0) is 31.2 Å². The molecule has 1 rings (SSSR count). The highest BCUT2D eigenvalue weighted by Crippen LogP contribution is 2.14. The molecule has 0 aliphatic carbocycles. The van der Waals surface area contributed by atoms with Crippen molar-refractivity contribution in [1.29, 1.82) is 0 Å². The molecular weight excluding hydrogens is 272 g/mol. The molecule has 1 heterocycles. The van der Waals surface area contributed by atoms with Gasteiger partial charge in [0.1, 0.15) is 0 Å². The van der Waals surface area contributed by atoms with E-state index in [1.165, 1.54) is 0 Å². The van der Waals surface area contributed by atoms with Gasteiger partial charge >= 0.3 is 0 Å². The normalized spacial score (nSPS) is 26.4. The predicted octanol–water partition coefficient (Wildman–Crippen LogP) is 1.76. The second-order valence-corrected chi connectivity index (χ2v) is 7.17. The summed E-state index contributed by atoms with van der Waals surface area (Å²) in [5.74, 6) is 0.918. The SMILES string of the molecule is CCCC(C)CS(=O)(=O)NC1CNCCC1C.Cl. The minimum absolute atomic E-state index is 0. The lowest BCUT2D eigenvalue weighted by molar-refractivity contribution is 0.326. The molecule has 0 amide bonds. The van der Waals surface area contributed by atoms with Gasteiger partial charge in [-0.2, -0.15) is 0 Å². The summed E-state index contributed by atoms with van der Waals surface area (Å²) in [7, 11) is -3.13. The molecule has 3 atom stereocenters. The van der Waals surface area contributed by atoms with Crippen molar-refractivity contribution in [3.63, 3.8) is 0 Å². The zero-order valence-electron chi connectivity index (χ0n) is 11.6. The number of rotatable bonds is 6. The molecule has 1 aliphatic heterocycles. The van der Waals surface area contributed by atoms with Gasteiger partial charge in [-0.1, -0.05) is 27.2 Å². The Balaban J connectivity index is 0.00000289. The topological polar surface area (TPSA) is 58.2 Å². The molecule has 1 saturated heterocycles. The van der Waals surface area contributed by atoms with Crippen LogP contribution in [0.25, 0.3) is 0 Å². The quantitative estimate of drug-likeness (QED) is 0.785. The molecule has 0 aromatic carbocycles. The van der Waals surface area contributed by atoms with Crippen molar-refractivity contribution < 1.29 is 8.42 Å². The Morgan fingerprint density at radius 2 is 2.11 bits per heavy atom. The van der Waals surface area contributed by atoms with Gasteiger partial charge in [-0.3, -0.25) is 0 Å². The van der Waals surface area contributed by atoms with Gasteiger partial charge in [-0.25, -0.2) is 13.1 Å². The fourth-order valence-corrected chi connectivity index (χ4v) is 4.17. The molecule has 0 saturated carbocycles.